The van der Waals surface area contributed by atoms with Crippen LogP contribution < -0.4 is 10.9 Å². The number of nitrogens with one attached hydrogen (secondary N) is 1. The van der Waals surface area contributed by atoms with Crippen LogP contribution in [0.2, 0.25) is 0 Å². The summed E-state index contributed by atoms with van der Waals surface area (Å²) in [6.07, 6.45) is 0. The molecule has 0 aliphatic carbocycles. The van der Waals surface area contributed by atoms with Crippen molar-refractivity contribution in [1.82, 2.24) is 9.55 Å². The minimum atomic E-state index is -0.586. The van der Waals surface area contributed by atoms with Crippen molar-refractivity contribution < 1.29 is 14.3 Å². The number of para-hydroxylation sites is 2. The topological polar surface area (TPSA) is 90.3 Å². The lowest BCUT2D eigenvalue weighted by atomic mass is 10.0. The van der Waals surface area contributed by atoms with E-state index in [1.165, 1.54) is 16.3 Å². The quantitative estimate of drug-likeness (QED) is 0.214. The second kappa shape index (κ2) is 11.1. The van der Waals surface area contributed by atoms with Crippen LogP contribution in [0.25, 0.3) is 10.9 Å². The summed E-state index contributed by atoms with van der Waals surface area (Å²) in [6, 6.07) is 23.0. The van der Waals surface area contributed by atoms with Gasteiger partial charge in [0.25, 0.3) is 5.56 Å². The highest BCUT2D eigenvalue weighted by Crippen LogP contribution is 2.25. The van der Waals surface area contributed by atoms with Crippen molar-refractivity contribution in [2.75, 3.05) is 19.0 Å². The first-order valence-electron chi connectivity index (χ1n) is 11.1. The van der Waals surface area contributed by atoms with Crippen molar-refractivity contribution in [3.63, 3.8) is 0 Å². The van der Waals surface area contributed by atoms with Crippen LogP contribution in [0.4, 0.5) is 5.69 Å². The number of methoxy groups -OCH3 is 1. The fourth-order valence-corrected chi connectivity index (χ4v) is 4.53. The van der Waals surface area contributed by atoms with E-state index >= 15 is 0 Å². The lowest BCUT2D eigenvalue weighted by Gasteiger charge is -2.17. The van der Waals surface area contributed by atoms with Gasteiger partial charge < -0.3 is 10.1 Å². The lowest BCUT2D eigenvalue weighted by Crippen LogP contribution is -2.28. The smallest absolute Gasteiger partial charge is 0.262 e. The molecule has 1 unspecified atom stereocenters. The van der Waals surface area contributed by atoms with Gasteiger partial charge in [-0.05, 0) is 31.2 Å². The minimum Gasteiger partial charge on any atom is -0.383 e. The van der Waals surface area contributed by atoms with Crippen LogP contribution in [0.5, 0.6) is 0 Å². The summed E-state index contributed by atoms with van der Waals surface area (Å²) in [6.45, 7) is 2.39. The number of ether oxygens (including phenoxy) is 1. The highest BCUT2D eigenvalue weighted by atomic mass is 32.2. The Hall–Kier alpha value is -3.75. The molecule has 178 valence electrons. The van der Waals surface area contributed by atoms with Gasteiger partial charge >= 0.3 is 0 Å². The first kappa shape index (κ1) is 24.4. The first-order chi connectivity index (χ1) is 17.0. The van der Waals surface area contributed by atoms with Gasteiger partial charge in [-0.2, -0.15) is 0 Å². The third-order valence-electron chi connectivity index (χ3n) is 5.46. The van der Waals surface area contributed by atoms with Crippen LogP contribution in [-0.4, -0.2) is 40.2 Å². The number of hydrogen-bond acceptors (Lipinski definition) is 6. The van der Waals surface area contributed by atoms with E-state index in [0.717, 1.165) is 0 Å². The fourth-order valence-electron chi connectivity index (χ4n) is 3.60. The predicted octanol–water partition coefficient (Wildman–Crippen LogP) is 4.39. The molecule has 7 nitrogen and oxygen atoms in total. The summed E-state index contributed by atoms with van der Waals surface area (Å²) in [5.74, 6) is -0.476. The molecule has 0 saturated carbocycles. The van der Waals surface area contributed by atoms with Crippen molar-refractivity contribution in [2.24, 2.45) is 0 Å². The summed E-state index contributed by atoms with van der Waals surface area (Å²) < 4.78 is 6.70. The zero-order chi connectivity index (χ0) is 24.8. The number of amides is 1. The largest absolute Gasteiger partial charge is 0.383 e. The average molecular weight is 488 g/mol. The maximum atomic E-state index is 13.1. The molecular weight excluding hydrogens is 462 g/mol. The highest BCUT2D eigenvalue weighted by Gasteiger charge is 2.21. The molecule has 1 atom stereocenters. The Morgan fingerprint density at radius 2 is 1.69 bits per heavy atom. The fraction of sp³-hybridized carbons (Fsp3) is 0.185. The van der Waals surface area contributed by atoms with E-state index < -0.39 is 5.25 Å². The summed E-state index contributed by atoms with van der Waals surface area (Å²) >= 11 is 1.19. The number of benzene rings is 3. The molecule has 0 saturated heterocycles. The normalized spacial score (nSPS) is 11.8. The summed E-state index contributed by atoms with van der Waals surface area (Å²) in [5, 5.41) is 3.23. The molecule has 0 aliphatic heterocycles. The molecule has 8 heteroatoms. The average Bonchev–Trinajstić information content (AvgIpc) is 2.89. The number of nitrogens with zero attached hydrogens (tertiary/aromatic N) is 2. The van der Waals surface area contributed by atoms with Crippen LogP contribution in [0, 0.1) is 0 Å². The monoisotopic (exact) mass is 487 g/mol. The summed E-state index contributed by atoms with van der Waals surface area (Å²) in [4.78, 5) is 43.8. The van der Waals surface area contributed by atoms with Crippen molar-refractivity contribution in [3.05, 3.63) is 100 Å². The highest BCUT2D eigenvalue weighted by molar-refractivity contribution is 8.00. The van der Waals surface area contributed by atoms with Gasteiger partial charge in [0.15, 0.2) is 10.9 Å². The minimum absolute atomic E-state index is 0.175. The molecule has 1 amide bonds. The third-order valence-corrected chi connectivity index (χ3v) is 6.55. The Labute approximate surface area is 207 Å². The Bertz CT molecular complexity index is 1420. The van der Waals surface area contributed by atoms with Gasteiger partial charge in [-0.3, -0.25) is 19.0 Å². The molecule has 0 spiro atoms. The van der Waals surface area contributed by atoms with Gasteiger partial charge in [0.1, 0.15) is 0 Å². The van der Waals surface area contributed by atoms with Crippen molar-refractivity contribution >= 4 is 40.0 Å². The molecule has 1 N–H and O–H groups in total. The van der Waals surface area contributed by atoms with E-state index in [9.17, 15) is 14.4 Å². The van der Waals surface area contributed by atoms with Gasteiger partial charge in [-0.25, -0.2) is 4.98 Å². The second-order valence-corrected chi connectivity index (χ2v) is 9.16. The molecule has 4 aromatic rings. The maximum absolute atomic E-state index is 13.1. The number of rotatable bonds is 9. The number of aromatic nitrogens is 2. The molecule has 4 rings (SSSR count). The van der Waals surface area contributed by atoms with Gasteiger partial charge in [0.05, 0.1) is 35.0 Å². The predicted molar refractivity (Wildman–Crippen MR) is 138 cm³/mol. The Morgan fingerprint density at radius 1 is 1.00 bits per heavy atom. The van der Waals surface area contributed by atoms with Crippen LogP contribution in [0.3, 0.4) is 0 Å². The standard InChI is InChI=1S/C27H25N3O4S/c1-18(35-27-29-23-15-9-7-13-21(23)26(33)30(27)16-17-34-2)25(32)28-22-14-8-6-12-20(22)24(31)19-10-4-3-5-11-19/h3-15,18H,16-17H2,1-2H3,(H,28,32). The Balaban J connectivity index is 1.58. The Morgan fingerprint density at radius 3 is 2.46 bits per heavy atom. The molecule has 0 radical (unpaired) electrons. The Kier molecular flexibility index (Phi) is 7.74. The van der Waals surface area contributed by atoms with Gasteiger partial charge in [-0.15, -0.1) is 0 Å². The molecule has 0 aliphatic rings. The molecule has 3 aromatic carbocycles. The third kappa shape index (κ3) is 5.50. The van der Waals surface area contributed by atoms with E-state index in [1.54, 1.807) is 80.8 Å². The number of anilines is 1. The van der Waals surface area contributed by atoms with Crippen LogP contribution >= 0.6 is 11.8 Å². The maximum Gasteiger partial charge on any atom is 0.262 e. The SMILES string of the molecule is COCCn1c(SC(C)C(=O)Nc2ccccc2C(=O)c2ccccc2)nc2ccccc2c1=O. The zero-order valence-electron chi connectivity index (χ0n) is 19.4. The van der Waals surface area contributed by atoms with Crippen molar-refractivity contribution in [1.29, 1.82) is 0 Å². The van der Waals surface area contributed by atoms with Gasteiger partial charge in [-0.1, -0.05) is 66.4 Å². The van der Waals surface area contributed by atoms with E-state index in [0.29, 0.717) is 46.0 Å². The second-order valence-electron chi connectivity index (χ2n) is 7.85. The molecule has 0 bridgehead atoms. The lowest BCUT2D eigenvalue weighted by molar-refractivity contribution is -0.115. The van der Waals surface area contributed by atoms with E-state index in [2.05, 4.69) is 10.3 Å². The zero-order valence-corrected chi connectivity index (χ0v) is 20.2. The van der Waals surface area contributed by atoms with Crippen LogP contribution in [0.1, 0.15) is 22.8 Å². The van der Waals surface area contributed by atoms with E-state index in [1.807, 2.05) is 12.1 Å². The van der Waals surface area contributed by atoms with Gasteiger partial charge in [0, 0.05) is 18.2 Å². The van der Waals surface area contributed by atoms with Crippen molar-refractivity contribution in [2.45, 2.75) is 23.9 Å². The molecule has 1 heterocycles. The van der Waals surface area contributed by atoms with E-state index in [-0.39, 0.29) is 17.2 Å². The van der Waals surface area contributed by atoms with Crippen molar-refractivity contribution in [3.8, 4) is 0 Å². The number of carbonyl (C=O) groups is 2. The number of ketones is 1. The van der Waals surface area contributed by atoms with Crippen LogP contribution in [-0.2, 0) is 16.1 Å². The van der Waals surface area contributed by atoms with E-state index in [4.69, 9.17) is 4.74 Å². The van der Waals surface area contributed by atoms with Gasteiger partial charge in [0.2, 0.25) is 5.91 Å². The number of carbonyl (C=O) groups excluding carboxylic acids is 2. The molecule has 1 aromatic heterocycles. The first-order valence-corrected chi connectivity index (χ1v) is 12.0. The summed E-state index contributed by atoms with van der Waals surface area (Å²) in [7, 11) is 1.57. The molecule has 0 fully saturated rings. The molecule has 35 heavy (non-hydrogen) atoms. The number of thioether (sulfide) groups is 1. The number of fused-ring (bicyclic) bond motifs is 1. The number of hydrogen-bond donors (Lipinski definition) is 1. The van der Waals surface area contributed by atoms with Crippen LogP contribution in [0.15, 0.2) is 88.8 Å². The molecular formula is C27H25N3O4S. The summed E-state index contributed by atoms with van der Waals surface area (Å²) in [5.41, 5.74) is 1.77.